The first-order chi connectivity index (χ1) is 12.9. The summed E-state index contributed by atoms with van der Waals surface area (Å²) in [6.45, 7) is 3.48. The van der Waals surface area contributed by atoms with Gasteiger partial charge in [0, 0.05) is 49.3 Å². The summed E-state index contributed by atoms with van der Waals surface area (Å²) < 4.78 is 0. The van der Waals surface area contributed by atoms with Crippen molar-refractivity contribution < 1.29 is 0 Å². The van der Waals surface area contributed by atoms with Crippen LogP contribution in [0.3, 0.4) is 0 Å². The molecule has 0 spiro atoms. The van der Waals surface area contributed by atoms with Gasteiger partial charge >= 0.3 is 0 Å². The Hall–Kier alpha value is -2.82. The van der Waals surface area contributed by atoms with E-state index in [-0.39, 0.29) is 0 Å². The van der Waals surface area contributed by atoms with E-state index in [2.05, 4.69) is 44.9 Å². The molecule has 2 N–H and O–H groups in total. The fourth-order valence-electron chi connectivity index (χ4n) is 3.07. The highest BCUT2D eigenvalue weighted by molar-refractivity contribution is 5.79. The SMILES string of the molecule is c1ccc2ncc(CNCCNCc3cnc4ccccc4c3)cc2c1. The Labute approximate surface area is 153 Å². The Morgan fingerprint density at radius 1 is 0.615 bits per heavy atom. The number of hydrogen-bond acceptors (Lipinski definition) is 4. The molecule has 0 aliphatic rings. The van der Waals surface area contributed by atoms with Gasteiger partial charge in [-0.3, -0.25) is 9.97 Å². The zero-order valence-corrected chi connectivity index (χ0v) is 14.7. The molecular formula is C22H22N4. The highest BCUT2D eigenvalue weighted by atomic mass is 14.9. The Morgan fingerprint density at radius 3 is 1.58 bits per heavy atom. The number of fused-ring (bicyclic) bond motifs is 2. The molecule has 0 radical (unpaired) electrons. The van der Waals surface area contributed by atoms with Gasteiger partial charge in [0.05, 0.1) is 11.0 Å². The maximum absolute atomic E-state index is 4.50. The molecule has 4 aromatic rings. The van der Waals surface area contributed by atoms with Crippen molar-refractivity contribution in [3.8, 4) is 0 Å². The van der Waals surface area contributed by atoms with Crippen molar-refractivity contribution in [2.24, 2.45) is 0 Å². The molecule has 0 bridgehead atoms. The summed E-state index contributed by atoms with van der Waals surface area (Å²) in [4.78, 5) is 9.00. The predicted molar refractivity (Wildman–Crippen MR) is 107 cm³/mol. The average molecular weight is 342 g/mol. The monoisotopic (exact) mass is 342 g/mol. The van der Waals surface area contributed by atoms with Crippen LogP contribution in [0, 0.1) is 0 Å². The van der Waals surface area contributed by atoms with Crippen LogP contribution in [0.4, 0.5) is 0 Å². The van der Waals surface area contributed by atoms with Crippen LogP contribution in [0.1, 0.15) is 11.1 Å². The van der Waals surface area contributed by atoms with Crippen molar-refractivity contribution in [2.45, 2.75) is 13.1 Å². The highest BCUT2D eigenvalue weighted by Crippen LogP contribution is 2.13. The van der Waals surface area contributed by atoms with Crippen molar-refractivity contribution in [1.29, 1.82) is 0 Å². The largest absolute Gasteiger partial charge is 0.311 e. The molecule has 4 rings (SSSR count). The Balaban J connectivity index is 1.22. The van der Waals surface area contributed by atoms with Crippen molar-refractivity contribution in [1.82, 2.24) is 20.6 Å². The second kappa shape index (κ2) is 8.04. The van der Waals surface area contributed by atoms with Crippen LogP contribution in [0.2, 0.25) is 0 Å². The van der Waals surface area contributed by atoms with E-state index in [0.717, 1.165) is 37.2 Å². The van der Waals surface area contributed by atoms with Crippen molar-refractivity contribution in [2.75, 3.05) is 13.1 Å². The molecule has 26 heavy (non-hydrogen) atoms. The lowest BCUT2D eigenvalue weighted by Crippen LogP contribution is -2.26. The average Bonchev–Trinajstić information content (AvgIpc) is 2.70. The first-order valence-corrected chi connectivity index (χ1v) is 8.97. The molecule has 2 aromatic carbocycles. The van der Waals surface area contributed by atoms with Crippen molar-refractivity contribution in [3.05, 3.63) is 84.2 Å². The molecule has 130 valence electrons. The second-order valence-corrected chi connectivity index (χ2v) is 6.43. The van der Waals surface area contributed by atoms with Crippen molar-refractivity contribution >= 4 is 21.8 Å². The number of pyridine rings is 2. The van der Waals surface area contributed by atoms with E-state index in [0.29, 0.717) is 0 Å². The Morgan fingerprint density at radius 2 is 1.08 bits per heavy atom. The van der Waals surface area contributed by atoms with Gasteiger partial charge in [0.2, 0.25) is 0 Å². The maximum Gasteiger partial charge on any atom is 0.0702 e. The minimum Gasteiger partial charge on any atom is -0.311 e. The zero-order valence-electron chi connectivity index (χ0n) is 14.7. The fraction of sp³-hybridized carbons (Fsp3) is 0.182. The summed E-state index contributed by atoms with van der Waals surface area (Å²) in [6, 6.07) is 20.8. The summed E-state index contributed by atoms with van der Waals surface area (Å²) >= 11 is 0. The number of nitrogens with one attached hydrogen (secondary N) is 2. The fourth-order valence-corrected chi connectivity index (χ4v) is 3.07. The number of benzene rings is 2. The van der Waals surface area contributed by atoms with Crippen LogP contribution in [-0.4, -0.2) is 23.1 Å². The molecule has 0 aliphatic carbocycles. The lowest BCUT2D eigenvalue weighted by atomic mass is 10.1. The van der Waals surface area contributed by atoms with Crippen LogP contribution in [-0.2, 0) is 13.1 Å². The molecule has 0 atom stereocenters. The van der Waals surface area contributed by atoms with E-state index in [1.807, 2.05) is 48.8 Å². The summed E-state index contributed by atoms with van der Waals surface area (Å²) in [5, 5.41) is 9.31. The molecule has 0 amide bonds. The molecule has 0 saturated heterocycles. The first-order valence-electron chi connectivity index (χ1n) is 8.97. The molecule has 0 aliphatic heterocycles. The molecule has 2 heterocycles. The lowest BCUT2D eigenvalue weighted by Gasteiger charge is -2.08. The second-order valence-electron chi connectivity index (χ2n) is 6.43. The zero-order chi connectivity index (χ0) is 17.6. The van der Waals surface area contributed by atoms with Gasteiger partial charge in [-0.2, -0.15) is 0 Å². The van der Waals surface area contributed by atoms with Gasteiger partial charge in [-0.05, 0) is 35.4 Å². The minimum absolute atomic E-state index is 0.830. The van der Waals surface area contributed by atoms with Crippen LogP contribution in [0.15, 0.2) is 73.1 Å². The van der Waals surface area contributed by atoms with E-state index in [4.69, 9.17) is 0 Å². The predicted octanol–water partition coefficient (Wildman–Crippen LogP) is 3.66. The van der Waals surface area contributed by atoms with Gasteiger partial charge < -0.3 is 10.6 Å². The van der Waals surface area contributed by atoms with E-state index >= 15 is 0 Å². The number of nitrogens with zero attached hydrogens (tertiary/aromatic N) is 2. The third kappa shape index (κ3) is 4.04. The van der Waals surface area contributed by atoms with E-state index in [1.165, 1.54) is 21.9 Å². The quantitative estimate of drug-likeness (QED) is 0.503. The van der Waals surface area contributed by atoms with E-state index in [1.54, 1.807) is 0 Å². The highest BCUT2D eigenvalue weighted by Gasteiger charge is 1.99. The topological polar surface area (TPSA) is 49.8 Å². The maximum atomic E-state index is 4.50. The van der Waals surface area contributed by atoms with Crippen LogP contribution >= 0.6 is 0 Å². The van der Waals surface area contributed by atoms with E-state index < -0.39 is 0 Å². The molecular weight excluding hydrogens is 320 g/mol. The summed E-state index contributed by atoms with van der Waals surface area (Å²) in [6.07, 6.45) is 3.90. The molecule has 0 saturated carbocycles. The third-order valence-corrected chi connectivity index (χ3v) is 4.43. The molecule has 4 heteroatoms. The van der Waals surface area contributed by atoms with Gasteiger partial charge in [0.15, 0.2) is 0 Å². The normalized spacial score (nSPS) is 11.2. The van der Waals surface area contributed by atoms with Crippen LogP contribution < -0.4 is 10.6 Å². The van der Waals surface area contributed by atoms with Gasteiger partial charge in [0.25, 0.3) is 0 Å². The van der Waals surface area contributed by atoms with E-state index in [9.17, 15) is 0 Å². The summed E-state index contributed by atoms with van der Waals surface area (Å²) in [5.74, 6) is 0. The molecule has 0 fully saturated rings. The third-order valence-electron chi connectivity index (χ3n) is 4.43. The first kappa shape index (κ1) is 16.6. The molecule has 4 nitrogen and oxygen atoms in total. The Kier molecular flexibility index (Phi) is 5.14. The molecule has 2 aromatic heterocycles. The Bertz CT molecular complexity index is 929. The number of hydrogen-bond donors (Lipinski definition) is 2. The number of para-hydroxylation sites is 2. The van der Waals surface area contributed by atoms with Gasteiger partial charge in [-0.15, -0.1) is 0 Å². The van der Waals surface area contributed by atoms with Crippen LogP contribution in [0.25, 0.3) is 21.8 Å². The standard InChI is InChI=1S/C22H22N4/c1-3-7-21-19(5-1)11-17(15-25-21)13-23-9-10-24-14-18-12-20-6-2-4-8-22(20)26-16-18/h1-8,11-12,15-16,23-24H,9-10,13-14H2. The minimum atomic E-state index is 0.830. The van der Waals surface area contributed by atoms with Gasteiger partial charge in [-0.25, -0.2) is 0 Å². The van der Waals surface area contributed by atoms with Gasteiger partial charge in [-0.1, -0.05) is 36.4 Å². The van der Waals surface area contributed by atoms with Gasteiger partial charge in [0.1, 0.15) is 0 Å². The summed E-state index contributed by atoms with van der Waals surface area (Å²) in [5.41, 5.74) is 4.51. The molecule has 0 unspecified atom stereocenters. The number of rotatable bonds is 7. The summed E-state index contributed by atoms with van der Waals surface area (Å²) in [7, 11) is 0. The lowest BCUT2D eigenvalue weighted by molar-refractivity contribution is 0.610. The van der Waals surface area contributed by atoms with Crippen LogP contribution in [0.5, 0.6) is 0 Å². The smallest absolute Gasteiger partial charge is 0.0702 e. The number of aromatic nitrogens is 2. The van der Waals surface area contributed by atoms with Crippen molar-refractivity contribution in [3.63, 3.8) is 0 Å².